The molecule has 152 valence electrons. The highest BCUT2D eigenvalue weighted by molar-refractivity contribution is 5.94. The van der Waals surface area contributed by atoms with E-state index in [9.17, 15) is 14.7 Å². The van der Waals surface area contributed by atoms with Gasteiger partial charge in [-0.2, -0.15) is 0 Å². The van der Waals surface area contributed by atoms with Crippen LogP contribution in [0.2, 0.25) is 0 Å². The molecule has 2 aliphatic rings. The first-order valence-corrected chi connectivity index (χ1v) is 8.96. The molecule has 1 heterocycles. The van der Waals surface area contributed by atoms with Crippen LogP contribution in [-0.4, -0.2) is 37.2 Å². The van der Waals surface area contributed by atoms with Crippen molar-refractivity contribution in [2.24, 2.45) is 5.41 Å². The molecule has 0 amide bonds. The average molecular weight is 404 g/mol. The van der Waals surface area contributed by atoms with E-state index < -0.39 is 49.0 Å². The number of cyclic esters (lactones) is 1. The van der Waals surface area contributed by atoms with E-state index in [1.165, 1.54) is 19.1 Å². The van der Waals surface area contributed by atoms with Gasteiger partial charge < -0.3 is 24.1 Å². The van der Waals surface area contributed by atoms with E-state index in [0.717, 1.165) is 0 Å². The minimum atomic E-state index is -3.00. The molecule has 29 heavy (non-hydrogen) atoms. The molecule has 2 aromatic rings. The second-order valence-electron chi connectivity index (χ2n) is 7.14. The van der Waals surface area contributed by atoms with E-state index in [0.29, 0.717) is 29.5 Å². The lowest BCUT2D eigenvalue weighted by Crippen LogP contribution is -2.32. The third-order valence-electron chi connectivity index (χ3n) is 5.57. The monoisotopic (exact) mass is 404 g/mol. The van der Waals surface area contributed by atoms with Gasteiger partial charge in [0.15, 0.2) is 11.5 Å². The highest BCUT2D eigenvalue weighted by Gasteiger charge is 2.56. The van der Waals surface area contributed by atoms with Crippen LogP contribution in [0.25, 0.3) is 11.1 Å². The molecule has 1 aliphatic carbocycles. The minimum absolute atomic E-state index is 0.0512. The zero-order valence-corrected chi connectivity index (χ0v) is 15.5. The molecule has 1 fully saturated rings. The highest BCUT2D eigenvalue weighted by Crippen LogP contribution is 2.53. The maximum atomic E-state index is 11.9. The molecule has 0 radical (unpaired) electrons. The van der Waals surface area contributed by atoms with Gasteiger partial charge >= 0.3 is 11.9 Å². The van der Waals surface area contributed by atoms with Crippen molar-refractivity contribution in [1.82, 2.24) is 0 Å². The number of aliphatic carboxylic acids is 1. The molecular weight excluding hydrogens is 376 g/mol. The summed E-state index contributed by atoms with van der Waals surface area (Å²) in [6.07, 6.45) is -0.198. The maximum absolute atomic E-state index is 11.9. The SMILES string of the molecule is [2H]C([2H])([2H])Oc1ccc(-c2ccc3c(c2)COC3=O)c(OC(C)C2(C(=O)O)CC2)c1OC([2H])([2H])[2H]. The molecule has 1 saturated carbocycles. The van der Waals surface area contributed by atoms with Crippen LogP contribution in [0, 0.1) is 5.41 Å². The molecule has 0 saturated heterocycles. The fourth-order valence-electron chi connectivity index (χ4n) is 3.59. The van der Waals surface area contributed by atoms with E-state index in [4.69, 9.17) is 27.2 Å². The number of rotatable bonds is 7. The standard InChI is InChI=1S/C22H22O7/c1-12(22(8-9-22)21(24)25)29-18-15(6-7-17(26-2)19(18)27-3)13-4-5-16-14(10-13)11-28-20(16)23/h4-7,10,12H,8-9,11H2,1-3H3,(H,24,25)/i2D3,3D3. The van der Waals surface area contributed by atoms with Gasteiger partial charge in [0.25, 0.3) is 0 Å². The number of carboxylic acids is 1. The van der Waals surface area contributed by atoms with Crippen molar-refractivity contribution in [3.63, 3.8) is 0 Å². The summed E-state index contributed by atoms with van der Waals surface area (Å²) in [6, 6.07) is 7.48. The Balaban J connectivity index is 1.89. The van der Waals surface area contributed by atoms with E-state index >= 15 is 0 Å². The normalized spacial score (nSPS) is 21.1. The van der Waals surface area contributed by atoms with E-state index in [1.807, 2.05) is 0 Å². The van der Waals surface area contributed by atoms with Crippen LogP contribution in [0.15, 0.2) is 30.3 Å². The molecule has 7 nitrogen and oxygen atoms in total. The number of esters is 1. The number of ether oxygens (including phenoxy) is 4. The van der Waals surface area contributed by atoms with Crippen LogP contribution in [0.5, 0.6) is 17.2 Å². The number of hydrogen-bond acceptors (Lipinski definition) is 6. The maximum Gasteiger partial charge on any atom is 0.338 e. The molecule has 0 bridgehead atoms. The first kappa shape index (κ1) is 13.1. The minimum Gasteiger partial charge on any atom is -0.493 e. The van der Waals surface area contributed by atoms with Crippen molar-refractivity contribution in [3.8, 4) is 28.4 Å². The van der Waals surface area contributed by atoms with Crippen molar-refractivity contribution < 1.29 is 41.9 Å². The van der Waals surface area contributed by atoms with E-state index in [2.05, 4.69) is 0 Å². The molecule has 4 rings (SSSR count). The largest absolute Gasteiger partial charge is 0.493 e. The summed E-state index contributed by atoms with van der Waals surface area (Å²) in [5, 5.41) is 9.69. The van der Waals surface area contributed by atoms with Crippen LogP contribution < -0.4 is 14.2 Å². The summed E-state index contributed by atoms with van der Waals surface area (Å²) >= 11 is 0. The molecule has 1 unspecified atom stereocenters. The van der Waals surface area contributed by atoms with Crippen LogP contribution in [0.4, 0.5) is 0 Å². The van der Waals surface area contributed by atoms with Gasteiger partial charge in [0.05, 0.1) is 27.9 Å². The first-order valence-electron chi connectivity index (χ1n) is 12.0. The van der Waals surface area contributed by atoms with Crippen LogP contribution in [-0.2, 0) is 16.1 Å². The van der Waals surface area contributed by atoms with Crippen molar-refractivity contribution in [2.75, 3.05) is 14.1 Å². The number of hydrogen-bond donors (Lipinski definition) is 1. The molecule has 0 aromatic heterocycles. The Hall–Kier alpha value is -3.22. The van der Waals surface area contributed by atoms with Crippen molar-refractivity contribution in [3.05, 3.63) is 41.5 Å². The summed E-state index contributed by atoms with van der Waals surface area (Å²) in [6.45, 7) is 1.59. The number of carbonyl (C=O) groups excluding carboxylic acids is 1. The quantitative estimate of drug-likeness (QED) is 0.704. The van der Waals surface area contributed by atoms with Gasteiger partial charge in [-0.3, -0.25) is 4.79 Å². The predicted octanol–water partition coefficient (Wildman–Crippen LogP) is 3.67. The van der Waals surface area contributed by atoms with E-state index in [1.54, 1.807) is 18.2 Å². The number of fused-ring (bicyclic) bond motifs is 1. The topological polar surface area (TPSA) is 91.3 Å². The third kappa shape index (κ3) is 3.06. The van der Waals surface area contributed by atoms with Gasteiger partial charge in [-0.05, 0) is 49.6 Å². The van der Waals surface area contributed by atoms with E-state index in [-0.39, 0.29) is 17.9 Å². The number of carbonyl (C=O) groups is 2. The third-order valence-corrected chi connectivity index (χ3v) is 5.57. The van der Waals surface area contributed by atoms with Crippen LogP contribution >= 0.6 is 0 Å². The van der Waals surface area contributed by atoms with Gasteiger partial charge in [-0.15, -0.1) is 0 Å². The van der Waals surface area contributed by atoms with Gasteiger partial charge in [0.2, 0.25) is 5.75 Å². The Bertz CT molecular complexity index is 1180. The van der Waals surface area contributed by atoms with Crippen LogP contribution in [0.1, 0.15) is 43.9 Å². The fourth-order valence-corrected chi connectivity index (χ4v) is 3.59. The highest BCUT2D eigenvalue weighted by atomic mass is 16.5. The summed E-state index contributed by atoms with van der Waals surface area (Å²) in [5.74, 6) is -2.63. The Kier molecular flexibility index (Phi) is 3.15. The molecular formula is C22H22O7. The van der Waals surface area contributed by atoms with Crippen LogP contribution in [0.3, 0.4) is 0 Å². The Morgan fingerprint density at radius 2 is 1.93 bits per heavy atom. The first-order chi connectivity index (χ1) is 16.2. The summed E-state index contributed by atoms with van der Waals surface area (Å²) in [5.41, 5.74) is 0.580. The van der Waals surface area contributed by atoms with Crippen molar-refractivity contribution >= 4 is 11.9 Å². The Morgan fingerprint density at radius 3 is 2.62 bits per heavy atom. The van der Waals surface area contributed by atoms with Gasteiger partial charge in [0.1, 0.15) is 18.1 Å². The molecule has 1 aliphatic heterocycles. The summed E-state index contributed by atoms with van der Waals surface area (Å²) < 4.78 is 66.3. The molecule has 1 atom stereocenters. The summed E-state index contributed by atoms with van der Waals surface area (Å²) in [7, 11) is -5.93. The second kappa shape index (κ2) is 6.99. The van der Waals surface area contributed by atoms with Gasteiger partial charge in [-0.25, -0.2) is 4.79 Å². The molecule has 0 spiro atoms. The predicted molar refractivity (Wildman–Crippen MR) is 103 cm³/mol. The molecule has 7 heteroatoms. The smallest absolute Gasteiger partial charge is 0.338 e. The fraction of sp³-hybridized carbons (Fsp3) is 0.364. The van der Waals surface area contributed by atoms with Crippen molar-refractivity contribution in [1.29, 1.82) is 0 Å². The van der Waals surface area contributed by atoms with Gasteiger partial charge in [-0.1, -0.05) is 6.07 Å². The average Bonchev–Trinajstić information content (AvgIpc) is 3.47. The molecule has 1 N–H and O–H groups in total. The number of methoxy groups -OCH3 is 2. The Labute approximate surface area is 176 Å². The van der Waals surface area contributed by atoms with Crippen molar-refractivity contribution in [2.45, 2.75) is 32.5 Å². The molecule has 2 aromatic carbocycles. The number of carboxylic acid groups (broad SMARTS) is 1. The zero-order valence-electron chi connectivity index (χ0n) is 21.5. The zero-order chi connectivity index (χ0) is 25.8. The lowest BCUT2D eigenvalue weighted by molar-refractivity contribution is -0.146. The second-order valence-corrected chi connectivity index (χ2v) is 7.14. The Morgan fingerprint density at radius 1 is 1.17 bits per heavy atom. The van der Waals surface area contributed by atoms with Gasteiger partial charge in [0, 0.05) is 11.1 Å². The lowest BCUT2D eigenvalue weighted by atomic mass is 9.98. The lowest BCUT2D eigenvalue weighted by Gasteiger charge is -2.25. The summed E-state index contributed by atoms with van der Waals surface area (Å²) in [4.78, 5) is 23.7. The number of benzene rings is 2.